The first-order valence-electron chi connectivity index (χ1n) is 8.74. The number of nitrogens with zero attached hydrogens (tertiary/aromatic N) is 4. The molecule has 0 saturated carbocycles. The lowest BCUT2D eigenvalue weighted by Crippen LogP contribution is -2.55. The molecule has 3 heterocycles. The minimum Gasteiger partial charge on any atom is -0.387 e. The van der Waals surface area contributed by atoms with Gasteiger partial charge in [-0.1, -0.05) is 0 Å². The van der Waals surface area contributed by atoms with Crippen LogP contribution in [0, 0.1) is 0 Å². The predicted octanol–water partition coefficient (Wildman–Crippen LogP) is 0.802. The van der Waals surface area contributed by atoms with Crippen LogP contribution < -0.4 is 0 Å². The van der Waals surface area contributed by atoms with Gasteiger partial charge in [0.05, 0.1) is 18.3 Å². The van der Waals surface area contributed by atoms with Gasteiger partial charge in [0.2, 0.25) is 5.91 Å². The highest BCUT2D eigenvalue weighted by Crippen LogP contribution is 2.24. The number of carbonyl (C=O) groups is 1. The predicted molar refractivity (Wildman–Crippen MR) is 88.0 cm³/mol. The van der Waals surface area contributed by atoms with Gasteiger partial charge in [0.15, 0.2) is 0 Å². The molecule has 1 aromatic rings. The smallest absolute Gasteiger partial charge is 0.223 e. The van der Waals surface area contributed by atoms with E-state index in [1.807, 2.05) is 24.3 Å². The maximum Gasteiger partial charge on any atom is 0.223 e. The Kier molecular flexibility index (Phi) is 5.02. The fraction of sp³-hybridized carbons (Fsp3) is 0.765. The van der Waals surface area contributed by atoms with Crippen molar-refractivity contribution in [1.29, 1.82) is 0 Å². The third-order valence-corrected chi connectivity index (χ3v) is 5.01. The van der Waals surface area contributed by atoms with Gasteiger partial charge in [-0.15, -0.1) is 0 Å². The zero-order chi connectivity index (χ0) is 16.3. The van der Waals surface area contributed by atoms with Gasteiger partial charge in [-0.05, 0) is 50.8 Å². The van der Waals surface area contributed by atoms with Crippen LogP contribution in [0.15, 0.2) is 12.4 Å². The number of aliphatic hydroxyl groups is 1. The first-order valence-corrected chi connectivity index (χ1v) is 8.74. The third-order valence-electron chi connectivity index (χ3n) is 5.01. The Balaban J connectivity index is 1.51. The van der Waals surface area contributed by atoms with E-state index in [-0.39, 0.29) is 5.91 Å². The summed E-state index contributed by atoms with van der Waals surface area (Å²) in [5.74, 6) is 0.147. The molecule has 2 aliphatic heterocycles. The van der Waals surface area contributed by atoms with Crippen LogP contribution in [-0.4, -0.2) is 68.9 Å². The molecule has 3 rings (SSSR count). The van der Waals surface area contributed by atoms with Crippen LogP contribution in [-0.2, 0) is 18.3 Å². The minimum atomic E-state index is -0.730. The molecule has 0 bridgehead atoms. The van der Waals surface area contributed by atoms with Crippen LogP contribution in [0.2, 0.25) is 0 Å². The standard InChI is InChI=1S/C17H28N4O2/c1-19-12-15(11-18-19)5-6-16(22)21-10-4-7-17(23,14-21)13-20-8-2-3-9-20/h11-12,23H,2-10,13-14H2,1H3. The zero-order valence-electron chi connectivity index (χ0n) is 14.1. The number of rotatable bonds is 5. The van der Waals surface area contributed by atoms with Gasteiger partial charge < -0.3 is 14.9 Å². The summed E-state index contributed by atoms with van der Waals surface area (Å²) >= 11 is 0. The summed E-state index contributed by atoms with van der Waals surface area (Å²) in [5.41, 5.74) is 0.359. The van der Waals surface area contributed by atoms with E-state index < -0.39 is 5.60 Å². The second-order valence-electron chi connectivity index (χ2n) is 7.15. The van der Waals surface area contributed by atoms with Crippen LogP contribution in [0.5, 0.6) is 0 Å². The quantitative estimate of drug-likeness (QED) is 0.872. The van der Waals surface area contributed by atoms with E-state index in [9.17, 15) is 9.90 Å². The Morgan fingerprint density at radius 3 is 2.78 bits per heavy atom. The van der Waals surface area contributed by atoms with E-state index in [4.69, 9.17) is 0 Å². The number of hydrogen-bond donors (Lipinski definition) is 1. The topological polar surface area (TPSA) is 61.6 Å². The second kappa shape index (κ2) is 7.01. The van der Waals surface area contributed by atoms with Crippen LogP contribution in [0.1, 0.15) is 37.7 Å². The summed E-state index contributed by atoms with van der Waals surface area (Å²) in [6.07, 6.45) is 9.12. The number of carbonyl (C=O) groups excluding carboxylic acids is 1. The Bertz CT molecular complexity index is 538. The lowest BCUT2D eigenvalue weighted by molar-refractivity contribution is -0.139. The summed E-state index contributed by atoms with van der Waals surface area (Å²) in [6.45, 7) is 4.12. The number of likely N-dealkylation sites (tertiary alicyclic amines) is 2. The first kappa shape index (κ1) is 16.5. The molecule has 128 valence electrons. The highest BCUT2D eigenvalue weighted by Gasteiger charge is 2.36. The molecule has 1 amide bonds. The molecule has 0 spiro atoms. The molecule has 1 unspecified atom stereocenters. The molecule has 1 atom stereocenters. The molecule has 1 N–H and O–H groups in total. The lowest BCUT2D eigenvalue weighted by Gasteiger charge is -2.41. The minimum absolute atomic E-state index is 0.147. The maximum atomic E-state index is 12.5. The van der Waals surface area contributed by atoms with Crippen molar-refractivity contribution in [3.05, 3.63) is 18.0 Å². The zero-order valence-corrected chi connectivity index (χ0v) is 14.1. The van der Waals surface area contributed by atoms with Gasteiger partial charge in [-0.25, -0.2) is 0 Å². The third kappa shape index (κ3) is 4.32. The molecule has 6 nitrogen and oxygen atoms in total. The summed E-state index contributed by atoms with van der Waals surface area (Å²) in [7, 11) is 1.88. The van der Waals surface area contributed by atoms with Crippen LogP contribution in [0.25, 0.3) is 0 Å². The van der Waals surface area contributed by atoms with Crippen molar-refractivity contribution in [1.82, 2.24) is 19.6 Å². The lowest BCUT2D eigenvalue weighted by atomic mass is 9.92. The second-order valence-corrected chi connectivity index (χ2v) is 7.15. The Morgan fingerprint density at radius 1 is 1.30 bits per heavy atom. The number of aromatic nitrogens is 2. The SMILES string of the molecule is Cn1cc(CCC(=O)N2CCCC(O)(CN3CCCC3)C2)cn1. The first-order chi connectivity index (χ1) is 11.0. The van der Waals surface area contributed by atoms with Crippen molar-refractivity contribution in [2.75, 3.05) is 32.7 Å². The number of aryl methyl sites for hydroxylation is 2. The fourth-order valence-corrected chi connectivity index (χ4v) is 3.82. The summed E-state index contributed by atoms with van der Waals surface area (Å²) in [4.78, 5) is 16.7. The van der Waals surface area contributed by atoms with Gasteiger partial charge in [0.1, 0.15) is 0 Å². The van der Waals surface area contributed by atoms with E-state index in [1.165, 1.54) is 12.8 Å². The Morgan fingerprint density at radius 2 is 2.09 bits per heavy atom. The summed E-state index contributed by atoms with van der Waals surface area (Å²) in [6, 6.07) is 0. The molecule has 6 heteroatoms. The molecule has 0 radical (unpaired) electrons. The Hall–Kier alpha value is -1.40. The number of piperidine rings is 1. The van der Waals surface area contributed by atoms with Crippen molar-refractivity contribution in [3.63, 3.8) is 0 Å². The van der Waals surface area contributed by atoms with Crippen LogP contribution >= 0.6 is 0 Å². The van der Waals surface area contributed by atoms with Crippen molar-refractivity contribution in [2.45, 2.75) is 44.1 Å². The van der Waals surface area contributed by atoms with Crippen molar-refractivity contribution in [3.8, 4) is 0 Å². The molecule has 2 aliphatic rings. The molecule has 2 fully saturated rings. The Labute approximate surface area is 138 Å². The van der Waals surface area contributed by atoms with E-state index in [0.717, 1.165) is 38.0 Å². The largest absolute Gasteiger partial charge is 0.387 e. The summed E-state index contributed by atoms with van der Waals surface area (Å²) < 4.78 is 1.76. The average molecular weight is 320 g/mol. The normalized spacial score (nSPS) is 25.9. The molecular formula is C17H28N4O2. The highest BCUT2D eigenvalue weighted by atomic mass is 16.3. The van der Waals surface area contributed by atoms with Gasteiger partial charge in [0.25, 0.3) is 0 Å². The van der Waals surface area contributed by atoms with Crippen LogP contribution in [0.3, 0.4) is 0 Å². The molecular weight excluding hydrogens is 292 g/mol. The van der Waals surface area contributed by atoms with Crippen LogP contribution in [0.4, 0.5) is 0 Å². The number of amides is 1. The van der Waals surface area contributed by atoms with E-state index in [0.29, 0.717) is 25.9 Å². The molecule has 2 saturated heterocycles. The molecule has 1 aromatic heterocycles. The van der Waals surface area contributed by atoms with E-state index in [2.05, 4.69) is 10.00 Å². The van der Waals surface area contributed by atoms with Gasteiger partial charge in [-0.2, -0.15) is 5.10 Å². The fourth-order valence-electron chi connectivity index (χ4n) is 3.82. The monoisotopic (exact) mass is 320 g/mol. The molecule has 23 heavy (non-hydrogen) atoms. The van der Waals surface area contributed by atoms with Gasteiger partial charge >= 0.3 is 0 Å². The van der Waals surface area contributed by atoms with Crippen molar-refractivity contribution >= 4 is 5.91 Å². The molecule has 0 aromatic carbocycles. The van der Waals surface area contributed by atoms with Gasteiger partial charge in [0, 0.05) is 32.8 Å². The average Bonchev–Trinajstić information content (AvgIpc) is 3.16. The number of hydrogen-bond acceptors (Lipinski definition) is 4. The van der Waals surface area contributed by atoms with E-state index >= 15 is 0 Å². The highest BCUT2D eigenvalue weighted by molar-refractivity contribution is 5.76. The van der Waals surface area contributed by atoms with Gasteiger partial charge in [-0.3, -0.25) is 9.48 Å². The molecule has 0 aliphatic carbocycles. The maximum absolute atomic E-state index is 12.5. The number of β-amino-alcohol motifs (C(OH)–C–C–N with tert-alkyl or cyclic N) is 1. The van der Waals surface area contributed by atoms with Crippen molar-refractivity contribution < 1.29 is 9.90 Å². The van der Waals surface area contributed by atoms with E-state index in [1.54, 1.807) is 4.68 Å². The van der Waals surface area contributed by atoms with Crippen molar-refractivity contribution in [2.24, 2.45) is 7.05 Å². The summed E-state index contributed by atoms with van der Waals surface area (Å²) in [5, 5.41) is 15.0.